The Kier molecular flexibility index (Phi) is 3.66. The summed E-state index contributed by atoms with van der Waals surface area (Å²) in [5.41, 5.74) is 9.58. The first kappa shape index (κ1) is 11.3. The number of anilines is 1. The Hall–Kier alpha value is -1.24. The largest absolute Gasteiger partial charge is 0.389 e. The molecule has 0 amide bonds. The van der Waals surface area contributed by atoms with Gasteiger partial charge in [0.15, 0.2) is 0 Å². The third kappa shape index (κ3) is 2.88. The van der Waals surface area contributed by atoms with Crippen LogP contribution in [0.15, 0.2) is 18.3 Å². The number of nitrogens with two attached hydrogens (primary N) is 1. The van der Waals surface area contributed by atoms with E-state index < -0.39 is 0 Å². The highest BCUT2D eigenvalue weighted by Gasteiger charge is 2.10. The van der Waals surface area contributed by atoms with Crippen LogP contribution in [0, 0.1) is 0 Å². The maximum absolute atomic E-state index is 5.56. The first-order valence-corrected chi connectivity index (χ1v) is 5.52. The van der Waals surface area contributed by atoms with Gasteiger partial charge in [-0.25, -0.2) is 9.99 Å². The molecule has 16 heavy (non-hydrogen) atoms. The number of hydrogen-bond acceptors (Lipinski definition) is 5. The van der Waals surface area contributed by atoms with Gasteiger partial charge in [0.1, 0.15) is 10.8 Å². The summed E-state index contributed by atoms with van der Waals surface area (Å²) < 4.78 is 5.26. The third-order valence-corrected chi connectivity index (χ3v) is 2.56. The van der Waals surface area contributed by atoms with E-state index in [9.17, 15) is 0 Å². The molecular weight excluding hydrogens is 224 g/mol. The second kappa shape index (κ2) is 5.20. The van der Waals surface area contributed by atoms with Crippen LogP contribution in [0.1, 0.15) is 5.56 Å². The van der Waals surface area contributed by atoms with E-state index in [4.69, 9.17) is 22.7 Å². The Balaban J connectivity index is 2.02. The number of nitrogens with zero attached hydrogens (tertiary/aromatic N) is 2. The molecule has 0 atom stereocenters. The van der Waals surface area contributed by atoms with Crippen molar-refractivity contribution >= 4 is 23.0 Å². The number of rotatable bonds is 3. The standard InChI is InChI=1S/C10H14N4OS/c11-10(16)8-1-2-12-9(7-8)13-14-3-5-15-6-4-14/h1-2,7H,3-6H2,(H2,11,16)(H,12,13). The first-order chi connectivity index (χ1) is 7.75. The highest BCUT2D eigenvalue weighted by atomic mass is 32.1. The fraction of sp³-hybridized carbons (Fsp3) is 0.400. The Bertz CT molecular complexity index is 379. The summed E-state index contributed by atoms with van der Waals surface area (Å²) in [5, 5.41) is 2.06. The molecule has 2 heterocycles. The quantitative estimate of drug-likeness (QED) is 0.742. The van der Waals surface area contributed by atoms with Gasteiger partial charge in [-0.2, -0.15) is 0 Å². The van der Waals surface area contributed by atoms with Crippen molar-refractivity contribution in [1.82, 2.24) is 9.99 Å². The smallest absolute Gasteiger partial charge is 0.140 e. The Morgan fingerprint density at radius 2 is 2.25 bits per heavy atom. The number of pyridine rings is 1. The third-order valence-electron chi connectivity index (χ3n) is 2.33. The average molecular weight is 238 g/mol. The second-order valence-corrected chi connectivity index (χ2v) is 3.95. The Morgan fingerprint density at radius 1 is 1.50 bits per heavy atom. The minimum atomic E-state index is 0.382. The molecule has 0 saturated carbocycles. The normalized spacial score (nSPS) is 17.0. The summed E-state index contributed by atoms with van der Waals surface area (Å²) in [6.45, 7) is 3.17. The van der Waals surface area contributed by atoms with Crippen LogP contribution in [0.3, 0.4) is 0 Å². The van der Waals surface area contributed by atoms with Gasteiger partial charge in [0, 0.05) is 24.8 Å². The number of thiocarbonyl (C=S) groups is 1. The van der Waals surface area contributed by atoms with Crippen LogP contribution in [-0.4, -0.2) is 41.3 Å². The summed E-state index contributed by atoms with van der Waals surface area (Å²) in [7, 11) is 0. The molecule has 1 aliphatic heterocycles. The van der Waals surface area contributed by atoms with Crippen LogP contribution in [0.25, 0.3) is 0 Å². The second-order valence-electron chi connectivity index (χ2n) is 3.51. The number of aromatic nitrogens is 1. The van der Waals surface area contributed by atoms with Crippen molar-refractivity contribution in [3.05, 3.63) is 23.9 Å². The molecular formula is C10H14N4OS. The van der Waals surface area contributed by atoms with E-state index in [2.05, 4.69) is 15.4 Å². The van der Waals surface area contributed by atoms with Crippen molar-refractivity contribution in [2.75, 3.05) is 31.7 Å². The summed E-state index contributed by atoms with van der Waals surface area (Å²) in [6.07, 6.45) is 1.69. The van der Waals surface area contributed by atoms with Crippen molar-refractivity contribution in [2.45, 2.75) is 0 Å². The van der Waals surface area contributed by atoms with E-state index in [-0.39, 0.29) is 0 Å². The van der Waals surface area contributed by atoms with E-state index in [1.165, 1.54) is 0 Å². The van der Waals surface area contributed by atoms with Crippen molar-refractivity contribution in [3.63, 3.8) is 0 Å². The number of hydrazine groups is 1. The summed E-state index contributed by atoms with van der Waals surface area (Å²) in [6, 6.07) is 3.64. The van der Waals surface area contributed by atoms with Crippen LogP contribution in [-0.2, 0) is 4.74 Å². The van der Waals surface area contributed by atoms with Gasteiger partial charge in [-0.05, 0) is 12.1 Å². The van der Waals surface area contributed by atoms with Gasteiger partial charge in [0.2, 0.25) is 0 Å². The molecule has 0 spiro atoms. The van der Waals surface area contributed by atoms with E-state index in [1.54, 1.807) is 12.3 Å². The molecule has 86 valence electrons. The highest BCUT2D eigenvalue weighted by molar-refractivity contribution is 7.80. The molecule has 2 rings (SSSR count). The molecule has 0 bridgehead atoms. The van der Waals surface area contributed by atoms with Gasteiger partial charge in [0.05, 0.1) is 13.2 Å². The van der Waals surface area contributed by atoms with E-state index >= 15 is 0 Å². The molecule has 1 aromatic heterocycles. The maximum Gasteiger partial charge on any atom is 0.140 e. The number of morpholine rings is 1. The summed E-state index contributed by atoms with van der Waals surface area (Å²) >= 11 is 4.91. The topological polar surface area (TPSA) is 63.4 Å². The predicted octanol–water partition coefficient (Wildman–Crippen LogP) is 0.375. The summed E-state index contributed by atoms with van der Waals surface area (Å²) in [5.74, 6) is 0.757. The molecule has 0 unspecified atom stereocenters. The lowest BCUT2D eigenvalue weighted by Gasteiger charge is -2.27. The van der Waals surface area contributed by atoms with Crippen LogP contribution in [0.4, 0.5) is 5.82 Å². The average Bonchev–Trinajstić information content (AvgIpc) is 2.30. The lowest BCUT2D eigenvalue weighted by Crippen LogP contribution is -2.40. The zero-order chi connectivity index (χ0) is 11.4. The molecule has 3 N–H and O–H groups in total. The monoisotopic (exact) mass is 238 g/mol. The Labute approximate surface area is 99.6 Å². The van der Waals surface area contributed by atoms with E-state index in [0.29, 0.717) is 4.99 Å². The maximum atomic E-state index is 5.56. The summed E-state index contributed by atoms with van der Waals surface area (Å²) in [4.78, 5) is 4.59. The molecule has 1 aliphatic rings. The lowest BCUT2D eigenvalue weighted by molar-refractivity contribution is 0.0495. The highest BCUT2D eigenvalue weighted by Crippen LogP contribution is 2.08. The fourth-order valence-corrected chi connectivity index (χ4v) is 1.61. The molecule has 1 saturated heterocycles. The van der Waals surface area contributed by atoms with Gasteiger partial charge in [0.25, 0.3) is 0 Å². The first-order valence-electron chi connectivity index (χ1n) is 5.11. The van der Waals surface area contributed by atoms with Crippen molar-refractivity contribution in [1.29, 1.82) is 0 Å². The fourth-order valence-electron chi connectivity index (χ4n) is 1.48. The van der Waals surface area contributed by atoms with Gasteiger partial charge in [-0.3, -0.25) is 0 Å². The van der Waals surface area contributed by atoms with Gasteiger partial charge >= 0.3 is 0 Å². The number of nitrogens with one attached hydrogen (secondary N) is 1. The molecule has 5 nitrogen and oxygen atoms in total. The minimum absolute atomic E-state index is 0.382. The molecule has 0 aliphatic carbocycles. The Morgan fingerprint density at radius 3 is 2.94 bits per heavy atom. The van der Waals surface area contributed by atoms with Crippen LogP contribution in [0.5, 0.6) is 0 Å². The van der Waals surface area contributed by atoms with E-state index in [1.807, 2.05) is 6.07 Å². The molecule has 1 fully saturated rings. The van der Waals surface area contributed by atoms with Crippen LogP contribution in [0.2, 0.25) is 0 Å². The SMILES string of the molecule is NC(=S)c1ccnc(NN2CCOCC2)c1. The molecule has 1 aromatic rings. The van der Waals surface area contributed by atoms with Gasteiger partial charge in [-0.15, -0.1) is 0 Å². The molecule has 0 aromatic carbocycles. The van der Waals surface area contributed by atoms with Crippen molar-refractivity contribution < 1.29 is 4.74 Å². The molecule has 0 radical (unpaired) electrons. The van der Waals surface area contributed by atoms with Crippen LogP contribution >= 0.6 is 12.2 Å². The zero-order valence-corrected chi connectivity index (χ0v) is 9.67. The van der Waals surface area contributed by atoms with Gasteiger partial charge in [-0.1, -0.05) is 12.2 Å². The lowest BCUT2D eigenvalue weighted by atomic mass is 10.2. The van der Waals surface area contributed by atoms with Crippen LogP contribution < -0.4 is 11.2 Å². The van der Waals surface area contributed by atoms with Gasteiger partial charge < -0.3 is 15.9 Å². The van der Waals surface area contributed by atoms with Crippen molar-refractivity contribution in [2.24, 2.45) is 5.73 Å². The van der Waals surface area contributed by atoms with Crippen molar-refractivity contribution in [3.8, 4) is 0 Å². The zero-order valence-electron chi connectivity index (χ0n) is 8.85. The predicted molar refractivity (Wildman–Crippen MR) is 66.1 cm³/mol. The minimum Gasteiger partial charge on any atom is -0.389 e. The number of ether oxygens (including phenoxy) is 1. The molecule has 6 heteroatoms. The number of hydrogen-bond donors (Lipinski definition) is 2. The van der Waals surface area contributed by atoms with E-state index in [0.717, 1.165) is 37.7 Å².